The molecule has 0 aliphatic rings. The number of anilines is 2. The average molecular weight is 260 g/mol. The quantitative estimate of drug-likeness (QED) is 0.628. The second kappa shape index (κ2) is 4.69. The summed E-state index contributed by atoms with van der Waals surface area (Å²) in [6, 6.07) is 7.86. The van der Waals surface area contributed by atoms with E-state index in [-0.39, 0.29) is 0 Å². The van der Waals surface area contributed by atoms with Crippen LogP contribution in [0.4, 0.5) is 11.9 Å². The van der Waals surface area contributed by atoms with Crippen molar-refractivity contribution in [2.45, 2.75) is 12.1 Å². The fourth-order valence-corrected chi connectivity index (χ4v) is 2.14. The fraction of sp³-hybridized carbons (Fsp3) is 0.182. The number of benzene rings is 1. The zero-order valence-electron chi connectivity index (χ0n) is 9.77. The van der Waals surface area contributed by atoms with Crippen molar-refractivity contribution in [1.82, 2.24) is 25.1 Å². The Morgan fingerprint density at radius 2 is 2.11 bits per heavy atom. The van der Waals surface area contributed by atoms with Crippen LogP contribution in [-0.4, -0.2) is 30.9 Å². The number of hydrogen-bond acceptors (Lipinski definition) is 5. The topological polar surface area (TPSA) is 82.3 Å². The van der Waals surface area contributed by atoms with Crippen LogP contribution in [0.15, 0.2) is 29.4 Å². The van der Waals surface area contributed by atoms with Crippen molar-refractivity contribution in [2.24, 2.45) is 0 Å². The highest BCUT2D eigenvalue weighted by molar-refractivity contribution is 7.99. The monoisotopic (exact) mass is 260 g/mol. The third kappa shape index (κ3) is 2.17. The number of nitrogens with one attached hydrogen (secondary N) is 3. The summed E-state index contributed by atoms with van der Waals surface area (Å²) in [6.45, 7) is 2.06. The third-order valence-corrected chi connectivity index (χ3v) is 3.09. The van der Waals surface area contributed by atoms with E-state index in [4.69, 9.17) is 0 Å². The van der Waals surface area contributed by atoms with Gasteiger partial charge in [-0.2, -0.15) is 4.98 Å². The van der Waals surface area contributed by atoms with Gasteiger partial charge in [0.05, 0.1) is 11.0 Å². The number of nitrogens with zero attached hydrogens (tertiary/aromatic N) is 3. The van der Waals surface area contributed by atoms with E-state index in [1.807, 2.05) is 24.3 Å². The molecule has 1 aromatic carbocycles. The van der Waals surface area contributed by atoms with Gasteiger partial charge >= 0.3 is 0 Å². The molecule has 3 N–H and O–H groups in total. The van der Waals surface area contributed by atoms with Gasteiger partial charge in [0.1, 0.15) is 0 Å². The molecule has 0 saturated heterocycles. The summed E-state index contributed by atoms with van der Waals surface area (Å²) >= 11 is 1.59. The second-order valence-electron chi connectivity index (χ2n) is 3.63. The van der Waals surface area contributed by atoms with Crippen LogP contribution in [0.3, 0.4) is 0 Å². The van der Waals surface area contributed by atoms with Crippen LogP contribution in [0.5, 0.6) is 0 Å². The molecule has 18 heavy (non-hydrogen) atoms. The number of H-pyrrole nitrogens is 2. The van der Waals surface area contributed by atoms with E-state index in [9.17, 15) is 0 Å². The number of fused-ring (bicyclic) bond motifs is 1. The Labute approximate surface area is 108 Å². The molecule has 3 rings (SSSR count). The molecule has 7 heteroatoms. The minimum Gasteiger partial charge on any atom is -0.324 e. The Kier molecular flexibility index (Phi) is 2.89. The molecule has 2 aromatic heterocycles. The van der Waals surface area contributed by atoms with E-state index in [0.29, 0.717) is 11.9 Å². The summed E-state index contributed by atoms with van der Waals surface area (Å²) in [7, 11) is 0. The minimum absolute atomic E-state index is 0.588. The van der Waals surface area contributed by atoms with Crippen molar-refractivity contribution in [3.8, 4) is 0 Å². The van der Waals surface area contributed by atoms with Crippen LogP contribution < -0.4 is 5.32 Å². The van der Waals surface area contributed by atoms with Crippen molar-refractivity contribution in [2.75, 3.05) is 11.1 Å². The minimum atomic E-state index is 0.588. The van der Waals surface area contributed by atoms with Gasteiger partial charge in [-0.25, -0.2) is 10.1 Å². The van der Waals surface area contributed by atoms with E-state index in [2.05, 4.69) is 37.4 Å². The number of aromatic amines is 2. The molecule has 0 atom stereocenters. The smallest absolute Gasteiger partial charge is 0.226 e. The van der Waals surface area contributed by atoms with Crippen molar-refractivity contribution in [3.63, 3.8) is 0 Å². The lowest BCUT2D eigenvalue weighted by Gasteiger charge is -1.94. The fourth-order valence-electron chi connectivity index (χ4n) is 1.62. The van der Waals surface area contributed by atoms with Crippen LogP contribution in [-0.2, 0) is 0 Å². The molecule has 0 aliphatic carbocycles. The summed E-state index contributed by atoms with van der Waals surface area (Å²) in [5, 5.41) is 10.7. The van der Waals surface area contributed by atoms with Gasteiger partial charge in [-0.3, -0.25) is 5.32 Å². The molecule has 6 nitrogen and oxygen atoms in total. The molecular formula is C11H12N6S. The predicted molar refractivity (Wildman–Crippen MR) is 72.2 cm³/mol. The lowest BCUT2D eigenvalue weighted by Crippen LogP contribution is -1.94. The third-order valence-electron chi connectivity index (χ3n) is 2.36. The molecule has 0 unspecified atom stereocenters. The first-order valence-electron chi connectivity index (χ1n) is 5.62. The summed E-state index contributed by atoms with van der Waals surface area (Å²) in [4.78, 5) is 11.9. The first-order chi connectivity index (χ1) is 8.85. The molecule has 92 valence electrons. The number of para-hydroxylation sites is 2. The van der Waals surface area contributed by atoms with Gasteiger partial charge in [-0.05, 0) is 17.9 Å². The summed E-state index contributed by atoms with van der Waals surface area (Å²) in [5.41, 5.74) is 1.91. The number of imidazole rings is 1. The van der Waals surface area contributed by atoms with Gasteiger partial charge in [0.25, 0.3) is 0 Å². The van der Waals surface area contributed by atoms with Crippen LogP contribution in [0.1, 0.15) is 6.92 Å². The number of aromatic nitrogens is 5. The van der Waals surface area contributed by atoms with Gasteiger partial charge < -0.3 is 4.98 Å². The van der Waals surface area contributed by atoms with Crippen LogP contribution in [0, 0.1) is 0 Å². The van der Waals surface area contributed by atoms with E-state index in [1.54, 1.807) is 11.8 Å². The Morgan fingerprint density at radius 1 is 1.22 bits per heavy atom. The SMILES string of the molecule is CCSc1n[nH]c(Nc2nc3ccccc3[nH]2)n1. The maximum atomic E-state index is 4.40. The number of rotatable bonds is 4. The van der Waals surface area contributed by atoms with Crippen LogP contribution >= 0.6 is 11.8 Å². The van der Waals surface area contributed by atoms with E-state index in [1.165, 1.54) is 0 Å². The Balaban J connectivity index is 1.82. The van der Waals surface area contributed by atoms with Gasteiger partial charge in [-0.15, -0.1) is 5.10 Å². The Hall–Kier alpha value is -2.02. The van der Waals surface area contributed by atoms with E-state index < -0.39 is 0 Å². The maximum Gasteiger partial charge on any atom is 0.226 e. The molecule has 0 aliphatic heterocycles. The van der Waals surface area contributed by atoms with Crippen LogP contribution in [0.25, 0.3) is 11.0 Å². The van der Waals surface area contributed by atoms with Gasteiger partial charge in [-0.1, -0.05) is 30.8 Å². The average Bonchev–Trinajstić information content (AvgIpc) is 2.96. The predicted octanol–water partition coefficient (Wildman–Crippen LogP) is 2.54. The molecule has 2 heterocycles. The summed E-state index contributed by atoms with van der Waals surface area (Å²) in [5.74, 6) is 2.19. The molecule has 0 amide bonds. The zero-order chi connectivity index (χ0) is 12.4. The van der Waals surface area contributed by atoms with Gasteiger partial charge in [0.2, 0.25) is 17.1 Å². The number of hydrogen-bond donors (Lipinski definition) is 3. The maximum absolute atomic E-state index is 4.40. The van der Waals surface area contributed by atoms with E-state index >= 15 is 0 Å². The standard InChI is InChI=1S/C11H12N6S/c1-2-18-11-15-10(16-17-11)14-9-12-7-5-3-4-6-8(7)13-9/h3-6H,2H2,1H3,(H3,12,13,14,15,16,17). The summed E-state index contributed by atoms with van der Waals surface area (Å²) < 4.78 is 0. The molecule has 3 aromatic rings. The van der Waals surface area contributed by atoms with Crippen molar-refractivity contribution < 1.29 is 0 Å². The Morgan fingerprint density at radius 3 is 2.94 bits per heavy atom. The van der Waals surface area contributed by atoms with Crippen molar-refractivity contribution in [3.05, 3.63) is 24.3 Å². The van der Waals surface area contributed by atoms with Crippen LogP contribution in [0.2, 0.25) is 0 Å². The number of thioether (sulfide) groups is 1. The molecule has 0 bridgehead atoms. The first kappa shape index (κ1) is 11.1. The first-order valence-corrected chi connectivity index (χ1v) is 6.60. The second-order valence-corrected chi connectivity index (χ2v) is 4.86. The zero-order valence-corrected chi connectivity index (χ0v) is 10.6. The molecule has 0 saturated carbocycles. The molecule has 0 radical (unpaired) electrons. The highest BCUT2D eigenvalue weighted by Gasteiger charge is 2.06. The Bertz CT molecular complexity index is 625. The van der Waals surface area contributed by atoms with Gasteiger partial charge in [0, 0.05) is 0 Å². The van der Waals surface area contributed by atoms with Crippen molar-refractivity contribution in [1.29, 1.82) is 0 Å². The highest BCUT2D eigenvalue weighted by Crippen LogP contribution is 2.17. The normalized spacial score (nSPS) is 10.9. The summed E-state index contributed by atoms with van der Waals surface area (Å²) in [6.07, 6.45) is 0. The van der Waals surface area contributed by atoms with Crippen molar-refractivity contribution >= 4 is 34.7 Å². The largest absolute Gasteiger partial charge is 0.324 e. The lowest BCUT2D eigenvalue weighted by atomic mass is 10.3. The van der Waals surface area contributed by atoms with E-state index in [0.717, 1.165) is 21.9 Å². The molecule has 0 spiro atoms. The lowest BCUT2D eigenvalue weighted by molar-refractivity contribution is 0.974. The van der Waals surface area contributed by atoms with Gasteiger partial charge in [0.15, 0.2) is 0 Å². The molecule has 0 fully saturated rings. The molecular weight excluding hydrogens is 248 g/mol. The highest BCUT2D eigenvalue weighted by atomic mass is 32.2.